The molecule has 0 bridgehead atoms. The quantitative estimate of drug-likeness (QED) is 0.455. The van der Waals surface area contributed by atoms with E-state index in [1.165, 1.54) is 19.2 Å². The number of Topliss-reactive ketones (excluding diaryl/α,β-unsaturated/α-hetero) is 1. The molecule has 1 aromatic carbocycles. The van der Waals surface area contributed by atoms with Gasteiger partial charge in [0.15, 0.2) is 11.9 Å². The molecule has 3 rings (SSSR count). The summed E-state index contributed by atoms with van der Waals surface area (Å²) in [7, 11) is -3.66. The van der Waals surface area contributed by atoms with Crippen molar-refractivity contribution >= 4 is 19.1 Å². The van der Waals surface area contributed by atoms with Crippen molar-refractivity contribution in [1.29, 1.82) is 0 Å². The first kappa shape index (κ1) is 25.2. The molecule has 0 saturated carbocycles. The highest BCUT2D eigenvalue weighted by Gasteiger charge is 2.55. The van der Waals surface area contributed by atoms with Crippen LogP contribution < -0.4 is 16.5 Å². The fraction of sp³-hybridized carbons (Fsp3) is 0.476. The molecule has 1 aliphatic rings. The van der Waals surface area contributed by atoms with Crippen LogP contribution in [0.3, 0.4) is 0 Å². The number of hydrogen-bond donors (Lipinski definition) is 3. The number of rotatable bonds is 9. The first-order valence-electron chi connectivity index (χ1n) is 10.4. The van der Waals surface area contributed by atoms with Gasteiger partial charge in [-0.25, -0.2) is 14.3 Å². The van der Waals surface area contributed by atoms with Crippen molar-refractivity contribution in [2.45, 2.75) is 57.1 Å². The van der Waals surface area contributed by atoms with E-state index in [0.29, 0.717) is 5.56 Å². The highest BCUT2D eigenvalue weighted by Crippen LogP contribution is 2.48. The number of halogens is 1. The largest absolute Gasteiger partial charge is 0.387 e. The van der Waals surface area contributed by atoms with Crippen LogP contribution in [0.2, 0.25) is 0 Å². The number of nitrogen functional groups attached to an aromatic ring is 1. The average molecular weight is 482 g/mol. The number of anilines is 1. The molecule has 0 radical (unpaired) electrons. The number of benzene rings is 1. The molecule has 10 nitrogen and oxygen atoms in total. The average Bonchev–Trinajstić information content (AvgIpc) is 2.96. The van der Waals surface area contributed by atoms with E-state index >= 15 is 4.39 Å². The topological polar surface area (TPSA) is 146 Å². The van der Waals surface area contributed by atoms with Gasteiger partial charge in [0.2, 0.25) is 0 Å². The normalized spacial score (nSPS) is 27.7. The second-order valence-corrected chi connectivity index (χ2v) is 10.4. The van der Waals surface area contributed by atoms with Gasteiger partial charge >= 0.3 is 5.69 Å². The maximum Gasteiger partial charge on any atom is 0.351 e. The van der Waals surface area contributed by atoms with Gasteiger partial charge in [-0.05, 0) is 32.4 Å². The number of ketones is 1. The van der Waals surface area contributed by atoms with Crippen LogP contribution in [-0.2, 0) is 24.8 Å². The minimum Gasteiger partial charge on any atom is -0.387 e. The lowest BCUT2D eigenvalue weighted by atomic mass is 9.98. The fourth-order valence-electron chi connectivity index (χ4n) is 3.49. The molecule has 12 heteroatoms. The maximum atomic E-state index is 15.4. The third-order valence-corrected chi connectivity index (χ3v) is 7.63. The molecule has 1 saturated heterocycles. The van der Waals surface area contributed by atoms with E-state index in [9.17, 15) is 19.3 Å². The molecule has 0 amide bonds. The summed E-state index contributed by atoms with van der Waals surface area (Å²) in [6.07, 6.45) is -3.25. The van der Waals surface area contributed by atoms with Crippen LogP contribution in [0.4, 0.5) is 10.2 Å². The Hall–Kier alpha value is -2.43. The van der Waals surface area contributed by atoms with Crippen molar-refractivity contribution in [3.05, 3.63) is 58.6 Å². The number of nitrogens with one attached hydrogen (secondary N) is 1. The number of hydrogen-bond acceptors (Lipinski definition) is 8. The summed E-state index contributed by atoms with van der Waals surface area (Å²) in [5.74, 6) is -0.279. The molecule has 0 aliphatic carbocycles. The van der Waals surface area contributed by atoms with Gasteiger partial charge in [-0.15, -0.1) is 0 Å². The number of alkyl halides is 1. The number of aliphatic hydroxyl groups excluding tert-OH is 1. The van der Waals surface area contributed by atoms with Crippen LogP contribution in [0.1, 0.15) is 32.6 Å². The zero-order valence-electron chi connectivity index (χ0n) is 18.6. The molecule has 2 heterocycles. The Bertz CT molecular complexity index is 1100. The number of carbonyl (C=O) groups excluding carboxylic acids is 1. The monoisotopic (exact) mass is 482 g/mol. The van der Waals surface area contributed by atoms with Crippen LogP contribution in [0.15, 0.2) is 47.4 Å². The summed E-state index contributed by atoms with van der Waals surface area (Å²) in [6.45, 7) is 3.55. The van der Waals surface area contributed by atoms with E-state index in [1.54, 1.807) is 37.3 Å². The molecule has 1 aromatic heterocycles. The highest BCUT2D eigenvalue weighted by atomic mass is 31.2. The van der Waals surface area contributed by atoms with Crippen molar-refractivity contribution in [3.8, 4) is 0 Å². The van der Waals surface area contributed by atoms with Crippen LogP contribution in [-0.4, -0.2) is 51.0 Å². The van der Waals surface area contributed by atoms with Gasteiger partial charge in [0.1, 0.15) is 23.8 Å². The molecule has 1 aliphatic heterocycles. The number of nitrogens with zero attached hydrogens (tertiary/aromatic N) is 2. The standard InChI is InChI=1S/C21H28FN4O6P/c1-13(14(2)27)25-33(30,12-15-7-5-4-6-8-15)31-11-16-18(28)21(3,22)19(32-16)26-10-9-17(23)24-20(26)29/h4-10,13,16,18-19,28H,11-12H2,1-3H3,(H,25,30)(H2,23,24,29)/t13-,16+,18+,19+,21+,33?/m0/s1. The predicted octanol–water partition coefficient (Wildman–Crippen LogP) is 1.79. The summed E-state index contributed by atoms with van der Waals surface area (Å²) >= 11 is 0. The lowest BCUT2D eigenvalue weighted by molar-refractivity contribution is -0.118. The SMILES string of the molecule is CC(=O)[C@H](C)NP(=O)(Cc1ccccc1)OC[C@H]1O[C@@H](n2ccc(N)nc2=O)[C@](C)(F)[C@@H]1O. The number of aromatic nitrogens is 2. The molecular formula is C21H28FN4O6P. The van der Waals surface area contributed by atoms with Gasteiger partial charge in [0, 0.05) is 6.20 Å². The Morgan fingerprint density at radius 1 is 1.42 bits per heavy atom. The minimum absolute atomic E-state index is 0.0358. The summed E-state index contributed by atoms with van der Waals surface area (Å²) in [5.41, 5.74) is 2.96. The Labute approximate surface area is 190 Å². The molecule has 4 N–H and O–H groups in total. The van der Waals surface area contributed by atoms with Crippen LogP contribution in [0.25, 0.3) is 0 Å². The lowest BCUT2D eigenvalue weighted by Gasteiger charge is -2.25. The summed E-state index contributed by atoms with van der Waals surface area (Å²) < 4.78 is 41.1. The van der Waals surface area contributed by atoms with E-state index in [1.807, 2.05) is 0 Å². The zero-order valence-corrected chi connectivity index (χ0v) is 19.4. The predicted molar refractivity (Wildman–Crippen MR) is 119 cm³/mol. The molecule has 2 aromatic rings. The molecule has 1 fully saturated rings. The van der Waals surface area contributed by atoms with Crippen LogP contribution in [0.5, 0.6) is 0 Å². The van der Waals surface area contributed by atoms with Gasteiger partial charge in [-0.3, -0.25) is 13.9 Å². The van der Waals surface area contributed by atoms with Gasteiger partial charge in [0.05, 0.1) is 18.8 Å². The van der Waals surface area contributed by atoms with Crippen molar-refractivity contribution in [2.75, 3.05) is 12.3 Å². The molecule has 6 atom stereocenters. The van der Waals surface area contributed by atoms with E-state index in [4.69, 9.17) is 15.0 Å². The van der Waals surface area contributed by atoms with E-state index in [0.717, 1.165) is 11.5 Å². The van der Waals surface area contributed by atoms with Crippen LogP contribution in [0, 0.1) is 0 Å². The number of aliphatic hydroxyl groups is 1. The minimum atomic E-state index is -3.66. The zero-order chi connectivity index (χ0) is 24.4. The molecule has 0 spiro atoms. The second-order valence-electron chi connectivity index (χ2n) is 8.24. The number of carbonyl (C=O) groups is 1. The Morgan fingerprint density at radius 3 is 2.70 bits per heavy atom. The number of ether oxygens (including phenoxy) is 1. The van der Waals surface area contributed by atoms with Gasteiger partial charge in [-0.1, -0.05) is 30.3 Å². The Balaban J connectivity index is 1.80. The molecular weight excluding hydrogens is 454 g/mol. The third-order valence-electron chi connectivity index (χ3n) is 5.50. The maximum absolute atomic E-state index is 15.4. The Morgan fingerprint density at radius 2 is 2.09 bits per heavy atom. The summed E-state index contributed by atoms with van der Waals surface area (Å²) in [5, 5.41) is 13.3. The number of nitrogens with two attached hydrogens (primary N) is 1. The Kier molecular flexibility index (Phi) is 7.50. The first-order chi connectivity index (χ1) is 15.4. The second kappa shape index (κ2) is 9.82. The molecule has 1 unspecified atom stereocenters. The summed E-state index contributed by atoms with van der Waals surface area (Å²) in [6, 6.07) is 9.41. The smallest absolute Gasteiger partial charge is 0.351 e. The van der Waals surface area contributed by atoms with Crippen molar-refractivity contribution < 1.29 is 28.1 Å². The van der Waals surface area contributed by atoms with Crippen molar-refractivity contribution in [1.82, 2.24) is 14.6 Å². The van der Waals surface area contributed by atoms with Crippen molar-refractivity contribution in [2.24, 2.45) is 0 Å². The van der Waals surface area contributed by atoms with E-state index in [2.05, 4.69) is 10.1 Å². The third kappa shape index (κ3) is 5.74. The highest BCUT2D eigenvalue weighted by molar-refractivity contribution is 7.56. The molecule has 180 valence electrons. The molecule has 33 heavy (non-hydrogen) atoms. The lowest BCUT2D eigenvalue weighted by Crippen LogP contribution is -2.43. The van der Waals surface area contributed by atoms with Gasteiger partial charge in [0.25, 0.3) is 7.52 Å². The first-order valence-corrected chi connectivity index (χ1v) is 12.2. The van der Waals surface area contributed by atoms with Crippen LogP contribution >= 0.6 is 7.52 Å². The van der Waals surface area contributed by atoms with Gasteiger partial charge in [-0.2, -0.15) is 4.98 Å². The van der Waals surface area contributed by atoms with E-state index in [-0.39, 0.29) is 17.8 Å². The van der Waals surface area contributed by atoms with Gasteiger partial charge < -0.3 is 20.1 Å². The van der Waals surface area contributed by atoms with E-state index < -0.39 is 50.0 Å². The van der Waals surface area contributed by atoms with Crippen molar-refractivity contribution in [3.63, 3.8) is 0 Å². The summed E-state index contributed by atoms with van der Waals surface area (Å²) in [4.78, 5) is 27.4. The fourth-order valence-corrected chi connectivity index (χ4v) is 5.60.